The molecule has 0 aliphatic rings. The van der Waals surface area contributed by atoms with Crippen LogP contribution in [0.3, 0.4) is 0 Å². The summed E-state index contributed by atoms with van der Waals surface area (Å²) in [5.74, 6) is 1.21. The maximum Gasteiger partial charge on any atom is 0.193 e. The van der Waals surface area contributed by atoms with Crippen LogP contribution in [0.4, 0.5) is 5.69 Å². The zero-order valence-corrected chi connectivity index (χ0v) is 17.0. The van der Waals surface area contributed by atoms with Crippen molar-refractivity contribution in [3.05, 3.63) is 70.7 Å². The van der Waals surface area contributed by atoms with Crippen molar-refractivity contribution in [2.75, 3.05) is 5.32 Å². The summed E-state index contributed by atoms with van der Waals surface area (Å²) in [6.45, 7) is 8.75. The van der Waals surface area contributed by atoms with Crippen molar-refractivity contribution >= 4 is 11.6 Å². The number of nitrogens with two attached hydrogens (primary N) is 1. The number of hydrogen-bond acceptors (Lipinski definition) is 3. The summed E-state index contributed by atoms with van der Waals surface area (Å²) in [5.41, 5.74) is 12.7. The van der Waals surface area contributed by atoms with Gasteiger partial charge in [-0.15, -0.1) is 0 Å². The SMILES string of the molecule is CCc1cccc(CC)c1NC(N)=NCc1ccc(-n2nc(C)cc2C)nc1. The van der Waals surface area contributed by atoms with Crippen molar-refractivity contribution in [2.24, 2.45) is 10.7 Å². The Morgan fingerprint density at radius 3 is 2.36 bits per heavy atom. The number of guanidine groups is 1. The first-order valence-electron chi connectivity index (χ1n) is 9.68. The van der Waals surface area contributed by atoms with Crippen LogP contribution in [-0.4, -0.2) is 20.7 Å². The van der Waals surface area contributed by atoms with Gasteiger partial charge >= 0.3 is 0 Å². The summed E-state index contributed by atoms with van der Waals surface area (Å²) in [6.07, 6.45) is 3.71. The quantitative estimate of drug-likeness (QED) is 0.504. The van der Waals surface area contributed by atoms with Crippen LogP contribution in [0.2, 0.25) is 0 Å². The van der Waals surface area contributed by atoms with Crippen molar-refractivity contribution in [2.45, 2.75) is 47.1 Å². The van der Waals surface area contributed by atoms with Gasteiger partial charge in [-0.3, -0.25) is 0 Å². The molecule has 0 atom stereocenters. The van der Waals surface area contributed by atoms with Crippen molar-refractivity contribution in [1.29, 1.82) is 0 Å². The fourth-order valence-electron chi connectivity index (χ4n) is 3.24. The third-order valence-corrected chi connectivity index (χ3v) is 4.72. The minimum atomic E-state index is 0.415. The summed E-state index contributed by atoms with van der Waals surface area (Å²) in [7, 11) is 0. The molecule has 6 heteroatoms. The van der Waals surface area contributed by atoms with Crippen LogP contribution in [0, 0.1) is 13.8 Å². The van der Waals surface area contributed by atoms with Crippen LogP contribution in [0.5, 0.6) is 0 Å². The second-order valence-electron chi connectivity index (χ2n) is 6.85. The maximum absolute atomic E-state index is 6.15. The van der Waals surface area contributed by atoms with E-state index >= 15 is 0 Å². The Balaban J connectivity index is 1.71. The first-order chi connectivity index (χ1) is 13.5. The van der Waals surface area contributed by atoms with Gasteiger partial charge in [-0.25, -0.2) is 14.7 Å². The van der Waals surface area contributed by atoms with Gasteiger partial charge in [0.2, 0.25) is 0 Å². The van der Waals surface area contributed by atoms with E-state index in [1.165, 1.54) is 11.1 Å². The molecule has 3 N–H and O–H groups in total. The number of aromatic nitrogens is 3. The molecule has 0 bridgehead atoms. The summed E-state index contributed by atoms with van der Waals surface area (Å²) < 4.78 is 1.84. The average Bonchev–Trinajstić information content (AvgIpc) is 3.05. The lowest BCUT2D eigenvalue weighted by molar-refractivity contribution is 0.803. The van der Waals surface area contributed by atoms with E-state index in [4.69, 9.17) is 5.73 Å². The summed E-state index contributed by atoms with van der Waals surface area (Å²) >= 11 is 0. The molecule has 0 saturated heterocycles. The second-order valence-corrected chi connectivity index (χ2v) is 6.85. The number of aliphatic imine (C=N–C) groups is 1. The first-order valence-corrected chi connectivity index (χ1v) is 9.68. The molecular formula is C22H28N6. The highest BCUT2D eigenvalue weighted by Crippen LogP contribution is 2.22. The van der Waals surface area contributed by atoms with E-state index in [1.807, 2.05) is 42.9 Å². The monoisotopic (exact) mass is 376 g/mol. The smallest absolute Gasteiger partial charge is 0.193 e. The van der Waals surface area contributed by atoms with Crippen LogP contribution < -0.4 is 11.1 Å². The van der Waals surface area contributed by atoms with E-state index in [0.29, 0.717) is 12.5 Å². The number of nitrogens with one attached hydrogen (secondary N) is 1. The van der Waals surface area contributed by atoms with Crippen LogP contribution in [0.15, 0.2) is 47.6 Å². The van der Waals surface area contributed by atoms with Crippen LogP contribution >= 0.6 is 0 Å². The highest BCUT2D eigenvalue weighted by Gasteiger charge is 2.08. The van der Waals surface area contributed by atoms with Crippen molar-refractivity contribution in [3.8, 4) is 5.82 Å². The van der Waals surface area contributed by atoms with Crippen molar-refractivity contribution in [3.63, 3.8) is 0 Å². The van der Waals surface area contributed by atoms with Gasteiger partial charge in [0.15, 0.2) is 11.8 Å². The highest BCUT2D eigenvalue weighted by molar-refractivity contribution is 5.93. The molecule has 0 fully saturated rings. The van der Waals surface area contributed by atoms with Gasteiger partial charge < -0.3 is 11.1 Å². The summed E-state index contributed by atoms with van der Waals surface area (Å²) in [5, 5.41) is 7.75. The number of benzene rings is 1. The van der Waals surface area contributed by atoms with E-state index in [0.717, 1.165) is 41.3 Å². The molecule has 28 heavy (non-hydrogen) atoms. The minimum absolute atomic E-state index is 0.415. The molecule has 2 heterocycles. The fourth-order valence-corrected chi connectivity index (χ4v) is 3.24. The normalized spacial score (nSPS) is 11.6. The van der Waals surface area contributed by atoms with Crippen LogP contribution in [0.25, 0.3) is 5.82 Å². The van der Waals surface area contributed by atoms with E-state index in [-0.39, 0.29) is 0 Å². The number of anilines is 1. The van der Waals surface area contributed by atoms with Gasteiger partial charge in [-0.05, 0) is 55.5 Å². The summed E-state index contributed by atoms with van der Waals surface area (Å²) in [4.78, 5) is 9.00. The third-order valence-electron chi connectivity index (χ3n) is 4.72. The Morgan fingerprint density at radius 2 is 1.82 bits per heavy atom. The lowest BCUT2D eigenvalue weighted by Crippen LogP contribution is -2.24. The molecule has 0 radical (unpaired) electrons. The average molecular weight is 377 g/mol. The van der Waals surface area contributed by atoms with Crippen molar-refractivity contribution < 1.29 is 0 Å². The minimum Gasteiger partial charge on any atom is -0.370 e. The zero-order valence-electron chi connectivity index (χ0n) is 17.0. The van der Waals surface area contributed by atoms with E-state index in [1.54, 1.807) is 0 Å². The van der Waals surface area contributed by atoms with Gasteiger partial charge in [0.05, 0.1) is 12.2 Å². The van der Waals surface area contributed by atoms with Gasteiger partial charge in [-0.2, -0.15) is 5.10 Å². The number of aryl methyl sites for hydroxylation is 4. The van der Waals surface area contributed by atoms with E-state index in [9.17, 15) is 0 Å². The van der Waals surface area contributed by atoms with Crippen molar-refractivity contribution in [1.82, 2.24) is 14.8 Å². The molecule has 0 aliphatic heterocycles. The predicted molar refractivity (Wildman–Crippen MR) is 115 cm³/mol. The van der Waals surface area contributed by atoms with Gasteiger partial charge in [0.1, 0.15) is 0 Å². The number of nitrogens with zero attached hydrogens (tertiary/aromatic N) is 4. The predicted octanol–water partition coefficient (Wildman–Crippen LogP) is 3.94. The van der Waals surface area contributed by atoms with Gasteiger partial charge in [0.25, 0.3) is 0 Å². The van der Waals surface area contributed by atoms with E-state index in [2.05, 4.69) is 52.4 Å². The lowest BCUT2D eigenvalue weighted by atomic mass is 10.0. The fraction of sp³-hybridized carbons (Fsp3) is 0.318. The molecule has 146 valence electrons. The molecular weight excluding hydrogens is 348 g/mol. The number of hydrogen-bond donors (Lipinski definition) is 2. The Labute approximate surface area is 166 Å². The third kappa shape index (κ3) is 4.39. The Bertz CT molecular complexity index is 947. The molecule has 3 aromatic rings. The van der Waals surface area contributed by atoms with Gasteiger partial charge in [0, 0.05) is 17.6 Å². The molecule has 3 rings (SSSR count). The largest absolute Gasteiger partial charge is 0.370 e. The topological polar surface area (TPSA) is 81.1 Å². The first kappa shape index (κ1) is 19.6. The Hall–Kier alpha value is -3.15. The zero-order chi connectivity index (χ0) is 20.1. The molecule has 0 amide bonds. The van der Waals surface area contributed by atoms with Gasteiger partial charge in [-0.1, -0.05) is 38.1 Å². The molecule has 0 aliphatic carbocycles. The molecule has 1 aromatic carbocycles. The molecule has 2 aromatic heterocycles. The standard InChI is InChI=1S/C22H28N6/c1-5-18-8-7-9-19(6-2)21(18)26-22(23)25-14-17-10-11-20(24-13-17)28-16(4)12-15(3)27-28/h7-13H,5-6,14H2,1-4H3,(H3,23,25,26). The molecule has 0 unspecified atom stereocenters. The van der Waals surface area contributed by atoms with E-state index < -0.39 is 0 Å². The highest BCUT2D eigenvalue weighted by atomic mass is 15.3. The Kier molecular flexibility index (Phi) is 6.09. The maximum atomic E-state index is 6.15. The second kappa shape index (κ2) is 8.69. The number of pyridine rings is 1. The number of para-hydroxylation sites is 1. The Morgan fingerprint density at radius 1 is 1.11 bits per heavy atom. The molecule has 0 spiro atoms. The summed E-state index contributed by atoms with van der Waals surface area (Å²) in [6, 6.07) is 12.3. The van der Waals surface area contributed by atoms with Crippen LogP contribution in [0.1, 0.15) is 41.9 Å². The van der Waals surface area contributed by atoms with Crippen LogP contribution in [-0.2, 0) is 19.4 Å². The molecule has 6 nitrogen and oxygen atoms in total. The molecule has 0 saturated carbocycles. The lowest BCUT2D eigenvalue weighted by Gasteiger charge is -2.14. The number of rotatable bonds is 6.